The maximum Gasteiger partial charge on any atom is 0.113 e. The Kier molecular flexibility index (Phi) is 18.4. The summed E-state index contributed by atoms with van der Waals surface area (Å²) in [5.74, 6) is 1.12. The lowest BCUT2D eigenvalue weighted by Crippen LogP contribution is -1.95. The van der Waals surface area contributed by atoms with Gasteiger partial charge in [0.1, 0.15) is 12.4 Å². The first kappa shape index (κ1) is 27.7. The first-order valence-electron chi connectivity index (χ1n) is 11.3. The van der Waals surface area contributed by atoms with Crippen LogP contribution in [0.5, 0.6) is 0 Å². The molecule has 0 bridgehead atoms. The number of rotatable bonds is 5. The number of benzene rings is 1. The van der Waals surface area contributed by atoms with Gasteiger partial charge in [-0.2, -0.15) is 0 Å². The van der Waals surface area contributed by atoms with Crippen molar-refractivity contribution >= 4 is 0 Å². The van der Waals surface area contributed by atoms with E-state index in [1.54, 1.807) is 6.08 Å². The van der Waals surface area contributed by atoms with E-state index in [4.69, 9.17) is 4.74 Å². The van der Waals surface area contributed by atoms with Gasteiger partial charge in [0.25, 0.3) is 0 Å². The largest absolute Gasteiger partial charge is 0.493 e. The molecule has 2 aliphatic carbocycles. The molecule has 3 rings (SSSR count). The van der Waals surface area contributed by atoms with Gasteiger partial charge in [0.2, 0.25) is 0 Å². The van der Waals surface area contributed by atoms with Crippen LogP contribution in [-0.4, -0.2) is 0 Å². The monoisotopic (exact) mass is 412 g/mol. The molecule has 1 nitrogen and oxygen atoms in total. The molecule has 0 aromatic heterocycles. The van der Waals surface area contributed by atoms with Crippen molar-refractivity contribution in [3.8, 4) is 0 Å². The summed E-state index contributed by atoms with van der Waals surface area (Å²) < 4.78 is 18.1. The Bertz CT molecular complexity index is 670. The maximum atomic E-state index is 12.4. The van der Waals surface area contributed by atoms with Crippen molar-refractivity contribution in [2.24, 2.45) is 0 Å². The molecule has 0 unspecified atom stereocenters. The molecule has 0 amide bonds. The molecule has 1 aromatic carbocycles. The molecule has 0 atom stereocenters. The van der Waals surface area contributed by atoms with Crippen LogP contribution in [0.2, 0.25) is 0 Å². The smallest absolute Gasteiger partial charge is 0.113 e. The molecule has 0 fully saturated rings. The van der Waals surface area contributed by atoms with Gasteiger partial charge in [-0.15, -0.1) is 0 Å². The van der Waals surface area contributed by atoms with Crippen molar-refractivity contribution in [1.82, 2.24) is 0 Å². The predicted molar refractivity (Wildman–Crippen MR) is 131 cm³/mol. The van der Waals surface area contributed by atoms with Crippen molar-refractivity contribution in [1.29, 1.82) is 0 Å². The average molecular weight is 413 g/mol. The number of allylic oxidation sites excluding steroid dienone is 10. The molecule has 0 N–H and O–H groups in total. The fraction of sp³-hybridized carbons (Fsp3) is 0.429. The summed E-state index contributed by atoms with van der Waals surface area (Å²) in [7, 11) is 0. The molecule has 30 heavy (non-hydrogen) atoms. The highest BCUT2D eigenvalue weighted by Gasteiger charge is 2.03. The van der Waals surface area contributed by atoms with E-state index in [0.717, 1.165) is 31.4 Å². The summed E-state index contributed by atoms with van der Waals surface area (Å²) in [5, 5.41) is 0. The van der Waals surface area contributed by atoms with Crippen LogP contribution in [0.25, 0.3) is 0 Å². The minimum absolute atomic E-state index is 0.0276. The molecule has 1 aromatic rings. The number of hydrogen-bond donors (Lipinski definition) is 0. The van der Waals surface area contributed by atoms with Gasteiger partial charge < -0.3 is 4.74 Å². The third-order valence-electron chi connectivity index (χ3n) is 4.33. The fourth-order valence-electron chi connectivity index (χ4n) is 2.64. The second-order valence-electron chi connectivity index (χ2n) is 6.73. The second-order valence-corrected chi connectivity index (χ2v) is 6.73. The Morgan fingerprint density at radius 2 is 1.63 bits per heavy atom. The van der Waals surface area contributed by atoms with Crippen LogP contribution >= 0.6 is 0 Å². The van der Waals surface area contributed by atoms with Gasteiger partial charge in [-0.25, -0.2) is 4.39 Å². The molecule has 0 aliphatic heterocycles. The van der Waals surface area contributed by atoms with E-state index in [-0.39, 0.29) is 5.83 Å². The maximum absolute atomic E-state index is 12.4. The van der Waals surface area contributed by atoms with Crippen LogP contribution in [0.1, 0.15) is 78.7 Å². The fourth-order valence-corrected chi connectivity index (χ4v) is 2.64. The van der Waals surface area contributed by atoms with Crippen LogP contribution in [-0.2, 0) is 11.3 Å². The number of hydrogen-bond acceptors (Lipinski definition) is 1. The van der Waals surface area contributed by atoms with Crippen LogP contribution in [0.4, 0.5) is 4.39 Å². The van der Waals surface area contributed by atoms with Crippen molar-refractivity contribution in [3.05, 3.63) is 95.6 Å². The van der Waals surface area contributed by atoms with Gasteiger partial charge in [-0.1, -0.05) is 93.5 Å². The van der Waals surface area contributed by atoms with Gasteiger partial charge in [-0.3, -0.25) is 0 Å². The molecule has 0 radical (unpaired) electrons. The van der Waals surface area contributed by atoms with Crippen LogP contribution in [0.3, 0.4) is 0 Å². The normalized spacial score (nSPS) is 14.5. The summed E-state index contributed by atoms with van der Waals surface area (Å²) >= 11 is 0. The van der Waals surface area contributed by atoms with E-state index >= 15 is 0 Å². The van der Waals surface area contributed by atoms with E-state index < -0.39 is 0 Å². The summed E-state index contributed by atoms with van der Waals surface area (Å²) in [6.07, 6.45) is 19.7. The van der Waals surface area contributed by atoms with Crippen molar-refractivity contribution in [2.45, 2.75) is 79.8 Å². The summed E-state index contributed by atoms with van der Waals surface area (Å²) in [6.45, 7) is 10.8. The second kappa shape index (κ2) is 19.9. The van der Waals surface area contributed by atoms with E-state index in [2.05, 4.69) is 31.2 Å². The highest BCUT2D eigenvalue weighted by Crippen LogP contribution is 2.21. The van der Waals surface area contributed by atoms with Gasteiger partial charge in [0.15, 0.2) is 0 Å². The molecule has 0 saturated heterocycles. The standard InChI is InChI=1S/C13H14O.C9H13F.C4H8.C2H6/c1-3-7-12(8-4-1)11-14-13-9-5-2-6-10-13;1-2-3-8-4-6-9(10)7-5-8;1-3-4-2;1-2/h1-5,7-9H,6,10-11H2;4,6H,2-3,5,7H2,1H3;3-4H,1-2H3;1-2H3/b;;4-3-;. The van der Waals surface area contributed by atoms with Crippen molar-refractivity contribution in [3.63, 3.8) is 0 Å². The minimum Gasteiger partial charge on any atom is -0.493 e. The van der Waals surface area contributed by atoms with Gasteiger partial charge >= 0.3 is 0 Å². The molecule has 2 heteroatoms. The lowest BCUT2D eigenvalue weighted by Gasteiger charge is -2.11. The third kappa shape index (κ3) is 14.6. The van der Waals surface area contributed by atoms with Gasteiger partial charge in [-0.05, 0) is 50.8 Å². The minimum atomic E-state index is 0.0276. The highest BCUT2D eigenvalue weighted by atomic mass is 19.1. The molecule has 0 spiro atoms. The highest BCUT2D eigenvalue weighted by molar-refractivity contribution is 5.20. The van der Waals surface area contributed by atoms with Crippen LogP contribution in [0, 0.1) is 0 Å². The Hall–Kier alpha value is -2.35. The van der Waals surface area contributed by atoms with E-state index in [0.29, 0.717) is 13.0 Å². The predicted octanol–water partition coefficient (Wildman–Crippen LogP) is 9.41. The zero-order valence-electron chi connectivity index (χ0n) is 19.7. The first-order valence-corrected chi connectivity index (χ1v) is 11.3. The van der Waals surface area contributed by atoms with E-state index in [1.165, 1.54) is 17.6 Å². The topological polar surface area (TPSA) is 9.23 Å². The Labute approximate surface area is 184 Å². The number of ether oxygens (including phenoxy) is 1. The number of halogens is 1. The molecule has 0 heterocycles. The molecule has 2 aliphatic rings. The SMILES string of the molecule is C/C=C\C.C1=CCCC(OCc2ccccc2)=C1.CC.CCCC1=CC=C(F)CC1. The summed E-state index contributed by atoms with van der Waals surface area (Å²) in [5.41, 5.74) is 2.62. The lowest BCUT2D eigenvalue weighted by molar-refractivity contribution is 0.188. The van der Waals surface area contributed by atoms with Gasteiger partial charge in [0.05, 0.1) is 5.76 Å². The molecule has 0 saturated carbocycles. The summed E-state index contributed by atoms with van der Waals surface area (Å²) in [6, 6.07) is 10.3. The quantitative estimate of drug-likeness (QED) is 0.438. The average Bonchev–Trinajstić information content (AvgIpc) is 2.83. The van der Waals surface area contributed by atoms with E-state index in [9.17, 15) is 4.39 Å². The van der Waals surface area contributed by atoms with Crippen LogP contribution < -0.4 is 0 Å². The van der Waals surface area contributed by atoms with Crippen LogP contribution in [0.15, 0.2) is 90.0 Å². The Morgan fingerprint density at radius 3 is 2.13 bits per heavy atom. The van der Waals surface area contributed by atoms with Crippen molar-refractivity contribution < 1.29 is 9.13 Å². The Morgan fingerprint density at radius 1 is 0.933 bits per heavy atom. The third-order valence-corrected chi connectivity index (χ3v) is 4.33. The molecular formula is C28H41FO. The molecular weight excluding hydrogens is 371 g/mol. The molecule has 166 valence electrons. The Balaban J connectivity index is 0.000000461. The summed E-state index contributed by atoms with van der Waals surface area (Å²) in [4.78, 5) is 0. The zero-order chi connectivity index (χ0) is 22.5. The van der Waals surface area contributed by atoms with E-state index in [1.807, 2.05) is 70.2 Å². The lowest BCUT2D eigenvalue weighted by atomic mass is 10.0. The first-order chi connectivity index (χ1) is 14.7. The zero-order valence-corrected chi connectivity index (χ0v) is 19.7. The van der Waals surface area contributed by atoms with Gasteiger partial charge in [0, 0.05) is 12.8 Å². The van der Waals surface area contributed by atoms with Crippen molar-refractivity contribution in [2.75, 3.05) is 0 Å².